The molecule has 2 rings (SSSR count). The van der Waals surface area contributed by atoms with E-state index in [-0.39, 0.29) is 5.56 Å². The molecular formula is C14H18N4O2. The van der Waals surface area contributed by atoms with Gasteiger partial charge in [0.15, 0.2) is 5.69 Å². The van der Waals surface area contributed by atoms with Gasteiger partial charge in [-0.25, -0.2) is 0 Å². The summed E-state index contributed by atoms with van der Waals surface area (Å²) < 4.78 is 5.22. The Morgan fingerprint density at radius 1 is 1.25 bits per heavy atom. The van der Waals surface area contributed by atoms with E-state index < -0.39 is 0 Å². The van der Waals surface area contributed by atoms with Gasteiger partial charge in [0, 0.05) is 25.3 Å². The van der Waals surface area contributed by atoms with E-state index in [4.69, 9.17) is 4.74 Å². The van der Waals surface area contributed by atoms with Gasteiger partial charge in [-0.2, -0.15) is 0 Å². The van der Waals surface area contributed by atoms with Crippen molar-refractivity contribution in [2.24, 2.45) is 0 Å². The van der Waals surface area contributed by atoms with Crippen LogP contribution in [0.1, 0.15) is 13.3 Å². The third-order valence-electron chi connectivity index (χ3n) is 2.71. The maximum atomic E-state index is 12.0. The normalized spacial score (nSPS) is 10.4. The summed E-state index contributed by atoms with van der Waals surface area (Å²) in [7, 11) is 0. The Morgan fingerprint density at radius 3 is 2.75 bits per heavy atom. The molecule has 0 bridgehead atoms. The molecule has 2 aromatic rings. The van der Waals surface area contributed by atoms with Gasteiger partial charge in [-0.1, -0.05) is 30.3 Å². The van der Waals surface area contributed by atoms with Crippen molar-refractivity contribution in [3.05, 3.63) is 40.7 Å². The summed E-state index contributed by atoms with van der Waals surface area (Å²) in [6, 6.07) is 9.26. The van der Waals surface area contributed by atoms with Crippen LogP contribution in [0.3, 0.4) is 0 Å². The topological polar surface area (TPSA) is 79.9 Å². The van der Waals surface area contributed by atoms with Crippen molar-refractivity contribution in [1.82, 2.24) is 15.2 Å². The lowest BCUT2D eigenvalue weighted by molar-refractivity contribution is 0.147. The third kappa shape index (κ3) is 3.89. The minimum Gasteiger partial charge on any atom is -0.382 e. The van der Waals surface area contributed by atoms with E-state index in [1.165, 1.54) is 0 Å². The van der Waals surface area contributed by atoms with E-state index in [2.05, 4.69) is 20.5 Å². The maximum Gasteiger partial charge on any atom is 0.279 e. The zero-order valence-electron chi connectivity index (χ0n) is 11.4. The largest absolute Gasteiger partial charge is 0.382 e. The number of aromatic amines is 1. The molecule has 0 saturated heterocycles. The lowest BCUT2D eigenvalue weighted by Crippen LogP contribution is -2.17. The van der Waals surface area contributed by atoms with Crippen molar-refractivity contribution in [3.8, 4) is 11.3 Å². The molecule has 6 nitrogen and oxygen atoms in total. The lowest BCUT2D eigenvalue weighted by Gasteiger charge is -2.05. The third-order valence-corrected chi connectivity index (χ3v) is 2.71. The molecule has 0 fully saturated rings. The first-order valence-electron chi connectivity index (χ1n) is 6.65. The summed E-state index contributed by atoms with van der Waals surface area (Å²) in [5.41, 5.74) is 0.827. The molecule has 0 saturated carbocycles. The van der Waals surface area contributed by atoms with Crippen LogP contribution in [0.15, 0.2) is 35.1 Å². The molecule has 2 N–H and O–H groups in total. The molecule has 1 heterocycles. The van der Waals surface area contributed by atoms with Crippen molar-refractivity contribution < 1.29 is 4.74 Å². The quantitative estimate of drug-likeness (QED) is 0.751. The first-order chi connectivity index (χ1) is 9.81. The summed E-state index contributed by atoms with van der Waals surface area (Å²) >= 11 is 0. The number of hydrogen-bond donors (Lipinski definition) is 2. The average molecular weight is 274 g/mol. The van der Waals surface area contributed by atoms with Crippen LogP contribution >= 0.6 is 0 Å². The molecule has 0 amide bonds. The van der Waals surface area contributed by atoms with Crippen LogP contribution in [0.2, 0.25) is 0 Å². The minimum absolute atomic E-state index is 0.251. The van der Waals surface area contributed by atoms with E-state index in [9.17, 15) is 4.79 Å². The van der Waals surface area contributed by atoms with Gasteiger partial charge >= 0.3 is 0 Å². The van der Waals surface area contributed by atoms with Gasteiger partial charge in [0.25, 0.3) is 5.56 Å². The molecule has 6 heteroatoms. The summed E-state index contributed by atoms with van der Waals surface area (Å²) in [5.74, 6) is 0.381. The molecule has 0 spiro atoms. The summed E-state index contributed by atoms with van der Waals surface area (Å²) in [5, 5.41) is 11.0. The summed E-state index contributed by atoms with van der Waals surface area (Å²) in [6.45, 7) is 4.03. The molecule has 0 atom stereocenters. The number of aromatic nitrogens is 3. The van der Waals surface area contributed by atoms with E-state index in [0.717, 1.165) is 12.0 Å². The Balaban J connectivity index is 1.98. The molecule has 0 unspecified atom stereocenters. The molecule has 0 aliphatic carbocycles. The van der Waals surface area contributed by atoms with Gasteiger partial charge in [0.1, 0.15) is 0 Å². The van der Waals surface area contributed by atoms with Crippen LogP contribution in [0.4, 0.5) is 5.95 Å². The number of ether oxygens (including phenoxy) is 1. The predicted octanol–water partition coefficient (Wildman–Crippen LogP) is 1.67. The van der Waals surface area contributed by atoms with E-state index in [1.54, 1.807) is 0 Å². The first-order valence-corrected chi connectivity index (χ1v) is 6.65. The number of anilines is 1. The zero-order chi connectivity index (χ0) is 14.2. The molecule has 0 aliphatic heterocycles. The number of hydrogen-bond acceptors (Lipinski definition) is 5. The highest BCUT2D eigenvalue weighted by Gasteiger charge is 2.06. The summed E-state index contributed by atoms with van der Waals surface area (Å²) in [4.78, 5) is 14.6. The predicted molar refractivity (Wildman–Crippen MR) is 77.7 cm³/mol. The second-order valence-electron chi connectivity index (χ2n) is 4.19. The maximum absolute atomic E-state index is 12.0. The van der Waals surface area contributed by atoms with Crippen molar-refractivity contribution in [1.29, 1.82) is 0 Å². The van der Waals surface area contributed by atoms with Gasteiger partial charge < -0.3 is 10.1 Å². The highest BCUT2D eigenvalue weighted by atomic mass is 16.5. The van der Waals surface area contributed by atoms with Gasteiger partial charge in [-0.15, -0.1) is 10.2 Å². The van der Waals surface area contributed by atoms with Crippen LogP contribution in [0, 0.1) is 0 Å². The van der Waals surface area contributed by atoms with Gasteiger partial charge in [-0.3, -0.25) is 9.78 Å². The van der Waals surface area contributed by atoms with Crippen molar-refractivity contribution >= 4 is 5.95 Å². The Hall–Kier alpha value is -2.21. The molecule has 0 aliphatic rings. The van der Waals surface area contributed by atoms with Crippen molar-refractivity contribution in [3.63, 3.8) is 0 Å². The fourth-order valence-electron chi connectivity index (χ4n) is 1.73. The Labute approximate surface area is 117 Å². The monoisotopic (exact) mass is 274 g/mol. The highest BCUT2D eigenvalue weighted by Crippen LogP contribution is 2.10. The molecule has 1 aromatic carbocycles. The highest BCUT2D eigenvalue weighted by molar-refractivity contribution is 5.57. The summed E-state index contributed by atoms with van der Waals surface area (Å²) in [6.07, 6.45) is 0.845. The standard InChI is InChI=1S/C14H18N4O2/c1-2-20-10-6-9-15-14-16-13(19)12(17-18-14)11-7-4-3-5-8-11/h3-5,7-8H,2,6,9-10H2,1H3,(H2,15,16,18,19). The van der Waals surface area contributed by atoms with Crippen LogP contribution in [0.25, 0.3) is 11.3 Å². The van der Waals surface area contributed by atoms with Gasteiger partial charge in [0.2, 0.25) is 5.95 Å². The van der Waals surface area contributed by atoms with Crippen LogP contribution < -0.4 is 10.9 Å². The minimum atomic E-state index is -0.251. The lowest BCUT2D eigenvalue weighted by atomic mass is 10.2. The first kappa shape index (κ1) is 14.2. The number of H-pyrrole nitrogens is 1. The second-order valence-corrected chi connectivity index (χ2v) is 4.19. The molecule has 1 aromatic heterocycles. The van der Waals surface area contributed by atoms with Gasteiger partial charge in [-0.05, 0) is 13.3 Å². The fraction of sp³-hybridized carbons (Fsp3) is 0.357. The van der Waals surface area contributed by atoms with E-state index in [0.29, 0.717) is 31.4 Å². The Kier molecular flexibility index (Phi) is 5.25. The number of rotatable bonds is 7. The number of nitrogens with one attached hydrogen (secondary N) is 2. The van der Waals surface area contributed by atoms with E-state index >= 15 is 0 Å². The number of benzene rings is 1. The Bertz CT molecular complexity index is 583. The van der Waals surface area contributed by atoms with Crippen LogP contribution in [-0.2, 0) is 4.74 Å². The zero-order valence-corrected chi connectivity index (χ0v) is 11.4. The second kappa shape index (κ2) is 7.40. The fourth-order valence-corrected chi connectivity index (χ4v) is 1.73. The average Bonchev–Trinajstić information content (AvgIpc) is 2.48. The SMILES string of the molecule is CCOCCCNc1nnc(-c2ccccc2)c(=O)[nH]1. The number of nitrogens with zero attached hydrogens (tertiary/aromatic N) is 2. The van der Waals surface area contributed by atoms with Gasteiger partial charge in [0.05, 0.1) is 0 Å². The molecule has 106 valence electrons. The molecule has 20 heavy (non-hydrogen) atoms. The van der Waals surface area contributed by atoms with E-state index in [1.807, 2.05) is 37.3 Å². The Morgan fingerprint density at radius 2 is 2.05 bits per heavy atom. The van der Waals surface area contributed by atoms with Crippen molar-refractivity contribution in [2.75, 3.05) is 25.1 Å². The molecule has 0 radical (unpaired) electrons. The van der Waals surface area contributed by atoms with Crippen molar-refractivity contribution in [2.45, 2.75) is 13.3 Å². The smallest absolute Gasteiger partial charge is 0.279 e. The molecular weight excluding hydrogens is 256 g/mol. The van der Waals surface area contributed by atoms with Crippen LogP contribution in [0.5, 0.6) is 0 Å². The van der Waals surface area contributed by atoms with Crippen LogP contribution in [-0.4, -0.2) is 34.9 Å².